The molecule has 0 radical (unpaired) electrons. The highest BCUT2D eigenvalue weighted by Crippen LogP contribution is 2.31. The molecule has 0 amide bonds. The molecule has 0 N–H and O–H groups in total. The number of hydrogen-bond donors (Lipinski definition) is 0. The molecule has 0 saturated heterocycles. The lowest BCUT2D eigenvalue weighted by atomic mass is 10.0. The van der Waals surface area contributed by atoms with Gasteiger partial charge in [-0.2, -0.15) is 9.97 Å². The van der Waals surface area contributed by atoms with Gasteiger partial charge in [0.25, 0.3) is 0 Å². The molecule has 2 aromatic carbocycles. The Bertz CT molecular complexity index is 810. The van der Waals surface area contributed by atoms with Gasteiger partial charge in [-0.05, 0) is 37.8 Å². The highest BCUT2D eigenvalue weighted by Gasteiger charge is 2.22. The fourth-order valence-corrected chi connectivity index (χ4v) is 2.58. The molecule has 1 aromatic heterocycles. The Morgan fingerprint density at radius 1 is 1.05 bits per heavy atom. The van der Waals surface area contributed by atoms with E-state index in [-0.39, 0.29) is 0 Å². The highest BCUT2D eigenvalue weighted by atomic mass is 16.5. The topological polar surface area (TPSA) is 35.0 Å². The summed E-state index contributed by atoms with van der Waals surface area (Å²) in [6, 6.07) is 17.0. The van der Waals surface area contributed by atoms with Gasteiger partial charge in [0.1, 0.15) is 0 Å². The van der Waals surface area contributed by atoms with Gasteiger partial charge in [0.15, 0.2) is 0 Å². The largest absolute Gasteiger partial charge is 0.463 e. The first kappa shape index (κ1) is 13.3. The van der Waals surface area contributed by atoms with Gasteiger partial charge < -0.3 is 4.74 Å². The first-order valence-electron chi connectivity index (χ1n) is 7.76. The van der Waals surface area contributed by atoms with Crippen molar-refractivity contribution in [1.29, 1.82) is 0 Å². The van der Waals surface area contributed by atoms with E-state index in [0.717, 1.165) is 28.8 Å². The SMILES string of the molecule is Cc1ccc2nc(OCC3CC3)nc(-c3ccccc3)c2c1. The minimum atomic E-state index is 0.488. The summed E-state index contributed by atoms with van der Waals surface area (Å²) in [7, 11) is 0. The molecule has 1 aliphatic carbocycles. The van der Waals surface area contributed by atoms with Crippen LogP contribution in [0, 0.1) is 12.8 Å². The van der Waals surface area contributed by atoms with Crippen LogP contribution in [0.2, 0.25) is 0 Å². The van der Waals surface area contributed by atoms with Crippen molar-refractivity contribution in [3.8, 4) is 17.3 Å². The van der Waals surface area contributed by atoms with Gasteiger partial charge in [-0.25, -0.2) is 0 Å². The zero-order valence-electron chi connectivity index (χ0n) is 12.6. The average Bonchev–Trinajstić information content (AvgIpc) is 3.37. The van der Waals surface area contributed by atoms with Crippen molar-refractivity contribution in [2.75, 3.05) is 6.61 Å². The first-order valence-corrected chi connectivity index (χ1v) is 7.76. The zero-order valence-corrected chi connectivity index (χ0v) is 12.6. The second-order valence-corrected chi connectivity index (χ2v) is 6.00. The van der Waals surface area contributed by atoms with Gasteiger partial charge >= 0.3 is 6.01 Å². The summed E-state index contributed by atoms with van der Waals surface area (Å²) in [5.41, 5.74) is 4.18. The Morgan fingerprint density at radius 3 is 2.64 bits per heavy atom. The van der Waals surface area contributed by atoms with Crippen molar-refractivity contribution < 1.29 is 4.74 Å². The molecule has 1 heterocycles. The normalized spacial score (nSPS) is 14.2. The van der Waals surface area contributed by atoms with Crippen molar-refractivity contribution >= 4 is 10.9 Å². The van der Waals surface area contributed by atoms with Crippen LogP contribution in [0.4, 0.5) is 0 Å². The Balaban J connectivity index is 1.84. The third-order valence-electron chi connectivity index (χ3n) is 4.02. The highest BCUT2D eigenvalue weighted by molar-refractivity contribution is 5.92. The molecule has 3 aromatic rings. The zero-order chi connectivity index (χ0) is 14.9. The van der Waals surface area contributed by atoms with Crippen LogP contribution in [0.3, 0.4) is 0 Å². The molecule has 22 heavy (non-hydrogen) atoms. The molecule has 0 spiro atoms. The molecule has 1 aliphatic rings. The average molecular weight is 290 g/mol. The van der Waals surface area contributed by atoms with E-state index in [2.05, 4.69) is 41.2 Å². The van der Waals surface area contributed by atoms with Gasteiger partial charge in [-0.1, -0.05) is 42.0 Å². The maximum absolute atomic E-state index is 5.81. The summed E-state index contributed by atoms with van der Waals surface area (Å²) in [4.78, 5) is 9.25. The van der Waals surface area contributed by atoms with Gasteiger partial charge in [0, 0.05) is 10.9 Å². The monoisotopic (exact) mass is 290 g/mol. The maximum atomic E-state index is 5.81. The Labute approximate surface area is 130 Å². The second kappa shape index (κ2) is 5.41. The van der Waals surface area contributed by atoms with Crippen LogP contribution in [0.1, 0.15) is 18.4 Å². The van der Waals surface area contributed by atoms with Crippen molar-refractivity contribution in [2.24, 2.45) is 5.92 Å². The number of nitrogens with zero attached hydrogens (tertiary/aromatic N) is 2. The Hall–Kier alpha value is -2.42. The van der Waals surface area contributed by atoms with Gasteiger partial charge in [0.2, 0.25) is 0 Å². The molecule has 0 unspecified atom stereocenters. The van der Waals surface area contributed by atoms with Crippen molar-refractivity contribution in [1.82, 2.24) is 9.97 Å². The summed E-state index contributed by atoms with van der Waals surface area (Å²) in [5.74, 6) is 0.692. The smallest absolute Gasteiger partial charge is 0.317 e. The maximum Gasteiger partial charge on any atom is 0.317 e. The second-order valence-electron chi connectivity index (χ2n) is 6.00. The molecule has 1 fully saturated rings. The third kappa shape index (κ3) is 2.67. The molecule has 0 bridgehead atoms. The molecule has 110 valence electrons. The van der Waals surface area contributed by atoms with E-state index in [9.17, 15) is 0 Å². The Kier molecular flexibility index (Phi) is 3.26. The molecule has 0 aliphatic heterocycles. The van der Waals surface area contributed by atoms with E-state index in [1.54, 1.807) is 0 Å². The molecule has 4 rings (SSSR count). The van der Waals surface area contributed by atoms with Crippen molar-refractivity contribution in [3.63, 3.8) is 0 Å². The quantitative estimate of drug-likeness (QED) is 0.714. The fraction of sp³-hybridized carbons (Fsp3) is 0.263. The van der Waals surface area contributed by atoms with Gasteiger partial charge in [-0.3, -0.25) is 0 Å². The van der Waals surface area contributed by atoms with Crippen LogP contribution in [0.5, 0.6) is 6.01 Å². The molecule has 1 saturated carbocycles. The van der Waals surface area contributed by atoms with Crippen LogP contribution in [-0.2, 0) is 0 Å². The van der Waals surface area contributed by atoms with Crippen molar-refractivity contribution in [3.05, 3.63) is 54.1 Å². The van der Waals surface area contributed by atoms with Crippen LogP contribution < -0.4 is 4.74 Å². The minimum absolute atomic E-state index is 0.488. The van der Waals surface area contributed by atoms with Crippen LogP contribution in [-0.4, -0.2) is 16.6 Å². The summed E-state index contributed by atoms with van der Waals surface area (Å²) in [6.07, 6.45) is 2.52. The number of rotatable bonds is 4. The van der Waals surface area contributed by atoms with Gasteiger partial charge in [0.05, 0.1) is 17.8 Å². The van der Waals surface area contributed by atoms with E-state index in [0.29, 0.717) is 11.9 Å². The van der Waals surface area contributed by atoms with Crippen LogP contribution >= 0.6 is 0 Å². The fourth-order valence-electron chi connectivity index (χ4n) is 2.58. The number of hydrogen-bond acceptors (Lipinski definition) is 3. The third-order valence-corrected chi connectivity index (χ3v) is 4.02. The number of fused-ring (bicyclic) bond motifs is 1. The molecule has 0 atom stereocenters. The van der Waals surface area contributed by atoms with Crippen LogP contribution in [0.25, 0.3) is 22.2 Å². The molecular formula is C19H18N2O. The molecular weight excluding hydrogens is 272 g/mol. The van der Waals surface area contributed by atoms with E-state index in [1.807, 2.05) is 24.3 Å². The summed E-state index contributed by atoms with van der Waals surface area (Å²) in [5, 5.41) is 1.07. The number of aromatic nitrogens is 2. The lowest BCUT2D eigenvalue weighted by Gasteiger charge is -2.10. The summed E-state index contributed by atoms with van der Waals surface area (Å²) in [6.45, 7) is 2.82. The van der Waals surface area contributed by atoms with Gasteiger partial charge in [-0.15, -0.1) is 0 Å². The standard InChI is InChI=1S/C19H18N2O/c1-13-7-10-17-16(11-13)18(15-5-3-2-4-6-15)21-19(20-17)22-12-14-8-9-14/h2-7,10-11,14H,8-9,12H2,1H3. The predicted molar refractivity (Wildman–Crippen MR) is 87.9 cm³/mol. The predicted octanol–water partition coefficient (Wildman–Crippen LogP) is 4.39. The lowest BCUT2D eigenvalue weighted by molar-refractivity contribution is 0.278. The van der Waals surface area contributed by atoms with E-state index in [4.69, 9.17) is 4.74 Å². The lowest BCUT2D eigenvalue weighted by Crippen LogP contribution is -2.04. The number of benzene rings is 2. The summed E-state index contributed by atoms with van der Waals surface area (Å²) < 4.78 is 5.81. The van der Waals surface area contributed by atoms with Crippen molar-refractivity contribution in [2.45, 2.75) is 19.8 Å². The number of ether oxygens (including phenoxy) is 1. The molecule has 3 nitrogen and oxygen atoms in total. The van der Waals surface area contributed by atoms with E-state index >= 15 is 0 Å². The van der Waals surface area contributed by atoms with E-state index < -0.39 is 0 Å². The van der Waals surface area contributed by atoms with Crippen LogP contribution in [0.15, 0.2) is 48.5 Å². The minimum Gasteiger partial charge on any atom is -0.463 e. The summed E-state index contributed by atoms with van der Waals surface area (Å²) >= 11 is 0. The first-order chi connectivity index (χ1) is 10.8. The Morgan fingerprint density at radius 2 is 1.86 bits per heavy atom. The number of aryl methyl sites for hydroxylation is 1. The molecule has 3 heteroatoms. The van der Waals surface area contributed by atoms with E-state index in [1.165, 1.54) is 18.4 Å².